The van der Waals surface area contributed by atoms with Gasteiger partial charge in [-0.1, -0.05) is 43.1 Å². The smallest absolute Gasteiger partial charge is 0.251 e. The van der Waals surface area contributed by atoms with Crippen LogP contribution in [-0.4, -0.2) is 19.6 Å². The van der Waals surface area contributed by atoms with Gasteiger partial charge >= 0.3 is 0 Å². The largest absolute Gasteiger partial charge is 0.493 e. The van der Waals surface area contributed by atoms with Crippen molar-refractivity contribution in [3.63, 3.8) is 0 Å². The molecule has 0 radical (unpaired) electrons. The van der Waals surface area contributed by atoms with Crippen molar-refractivity contribution in [2.24, 2.45) is 0 Å². The van der Waals surface area contributed by atoms with Crippen molar-refractivity contribution in [3.8, 4) is 11.5 Å². The van der Waals surface area contributed by atoms with Crippen LogP contribution in [0.3, 0.4) is 0 Å². The molecular weight excluding hydrogens is 399 g/mol. The average Bonchev–Trinajstić information content (AvgIpc) is 3.14. The van der Waals surface area contributed by atoms with Gasteiger partial charge in [0.1, 0.15) is 0 Å². The lowest BCUT2D eigenvalue weighted by Crippen LogP contribution is -2.23. The number of halogens is 2. The molecule has 1 heterocycles. The number of hydrogen-bond donors (Lipinski definition) is 2. The summed E-state index contributed by atoms with van der Waals surface area (Å²) in [7, 11) is 1.54. The predicted octanol–water partition coefficient (Wildman–Crippen LogP) is 4.48. The summed E-state index contributed by atoms with van der Waals surface area (Å²) in [6.07, 6.45) is 1.96. The Morgan fingerprint density at radius 1 is 1.21 bits per heavy atom. The fraction of sp³-hybridized carbons (Fsp3) is 0.381. The lowest BCUT2D eigenvalue weighted by atomic mass is 10.1. The van der Waals surface area contributed by atoms with E-state index in [1.807, 2.05) is 6.07 Å². The predicted molar refractivity (Wildman–Crippen MR) is 114 cm³/mol. The average molecular weight is 425 g/mol. The SMILES string of the molecule is CCCCOc1c(Cl)cc(C(=O)NCc2ccc3c(c2)CNC3)cc1OC.Cl. The molecule has 0 atom stereocenters. The Kier molecular flexibility index (Phi) is 8.42. The number of methoxy groups -OCH3 is 1. The molecule has 1 aliphatic rings. The van der Waals surface area contributed by atoms with Crippen molar-refractivity contribution in [1.82, 2.24) is 10.6 Å². The van der Waals surface area contributed by atoms with Gasteiger partial charge in [-0.2, -0.15) is 0 Å². The Morgan fingerprint density at radius 2 is 2.00 bits per heavy atom. The standard InChI is InChI=1S/C21H25ClN2O3.ClH/c1-3-4-7-27-20-18(22)9-16(10-19(20)26-2)21(25)24-11-14-5-6-15-12-23-13-17(15)8-14;/h5-6,8-10,23H,3-4,7,11-13H2,1-2H3,(H,24,25);1H. The van der Waals surface area contributed by atoms with Crippen LogP contribution in [0.15, 0.2) is 30.3 Å². The van der Waals surface area contributed by atoms with E-state index in [1.54, 1.807) is 19.2 Å². The normalized spacial score (nSPS) is 12.1. The molecule has 0 saturated carbocycles. The van der Waals surface area contributed by atoms with Gasteiger partial charge in [-0.25, -0.2) is 0 Å². The summed E-state index contributed by atoms with van der Waals surface area (Å²) in [5, 5.41) is 6.64. The van der Waals surface area contributed by atoms with E-state index in [2.05, 4.69) is 29.7 Å². The van der Waals surface area contributed by atoms with Crippen LogP contribution in [0.2, 0.25) is 5.02 Å². The molecule has 152 valence electrons. The molecule has 0 aromatic heterocycles. The molecule has 0 saturated heterocycles. The molecule has 2 aromatic rings. The summed E-state index contributed by atoms with van der Waals surface area (Å²) >= 11 is 6.33. The number of ether oxygens (including phenoxy) is 2. The van der Waals surface area contributed by atoms with E-state index in [-0.39, 0.29) is 18.3 Å². The van der Waals surface area contributed by atoms with Gasteiger partial charge in [0.05, 0.1) is 18.7 Å². The van der Waals surface area contributed by atoms with Crippen LogP contribution >= 0.6 is 24.0 Å². The fourth-order valence-electron chi connectivity index (χ4n) is 3.05. The third-order valence-electron chi connectivity index (χ3n) is 4.59. The molecule has 5 nitrogen and oxygen atoms in total. The highest BCUT2D eigenvalue weighted by Gasteiger charge is 2.16. The zero-order valence-corrected chi connectivity index (χ0v) is 17.7. The van der Waals surface area contributed by atoms with E-state index in [1.165, 1.54) is 11.1 Å². The molecule has 2 N–H and O–H groups in total. The number of carbonyl (C=O) groups excluding carboxylic acids is 1. The number of amides is 1. The Hall–Kier alpha value is -1.95. The topological polar surface area (TPSA) is 59.6 Å². The summed E-state index contributed by atoms with van der Waals surface area (Å²) in [6.45, 7) is 4.90. The first-order chi connectivity index (χ1) is 13.1. The molecule has 1 aliphatic heterocycles. The van der Waals surface area contributed by atoms with Crippen molar-refractivity contribution >= 4 is 29.9 Å². The molecule has 2 aromatic carbocycles. The molecule has 3 rings (SSSR count). The minimum atomic E-state index is -0.200. The van der Waals surface area contributed by atoms with Gasteiger partial charge in [-0.15, -0.1) is 12.4 Å². The summed E-state index contributed by atoms with van der Waals surface area (Å²) in [5.74, 6) is 0.747. The maximum Gasteiger partial charge on any atom is 0.251 e. The van der Waals surface area contributed by atoms with Crippen LogP contribution in [0.5, 0.6) is 11.5 Å². The lowest BCUT2D eigenvalue weighted by molar-refractivity contribution is 0.0950. The highest BCUT2D eigenvalue weighted by molar-refractivity contribution is 6.32. The monoisotopic (exact) mass is 424 g/mol. The lowest BCUT2D eigenvalue weighted by Gasteiger charge is -2.14. The van der Waals surface area contributed by atoms with Crippen LogP contribution in [0.25, 0.3) is 0 Å². The van der Waals surface area contributed by atoms with Crippen molar-refractivity contribution in [3.05, 3.63) is 57.6 Å². The van der Waals surface area contributed by atoms with E-state index < -0.39 is 0 Å². The van der Waals surface area contributed by atoms with Crippen LogP contribution in [0, 0.1) is 0 Å². The maximum absolute atomic E-state index is 12.6. The van der Waals surface area contributed by atoms with Gasteiger partial charge in [0.2, 0.25) is 0 Å². The van der Waals surface area contributed by atoms with Gasteiger partial charge in [0, 0.05) is 25.2 Å². The third-order valence-corrected chi connectivity index (χ3v) is 4.87. The number of fused-ring (bicyclic) bond motifs is 1. The molecule has 0 aliphatic carbocycles. The van der Waals surface area contributed by atoms with Crippen LogP contribution < -0.4 is 20.1 Å². The zero-order valence-electron chi connectivity index (χ0n) is 16.1. The molecule has 7 heteroatoms. The number of nitrogens with one attached hydrogen (secondary N) is 2. The van der Waals surface area contributed by atoms with Crippen LogP contribution in [-0.2, 0) is 19.6 Å². The van der Waals surface area contributed by atoms with Crippen LogP contribution in [0.1, 0.15) is 46.8 Å². The van der Waals surface area contributed by atoms with Crippen molar-refractivity contribution < 1.29 is 14.3 Å². The van der Waals surface area contributed by atoms with Gasteiger partial charge in [-0.05, 0) is 35.2 Å². The first-order valence-corrected chi connectivity index (χ1v) is 9.60. The summed E-state index contributed by atoms with van der Waals surface area (Å²) in [5.41, 5.74) is 4.13. The Balaban J connectivity index is 0.00000280. The van der Waals surface area contributed by atoms with E-state index in [0.717, 1.165) is 31.5 Å². The first kappa shape index (κ1) is 22.3. The summed E-state index contributed by atoms with van der Waals surface area (Å²) in [4.78, 5) is 12.6. The highest BCUT2D eigenvalue weighted by atomic mass is 35.5. The number of carbonyl (C=O) groups is 1. The second kappa shape index (κ2) is 10.6. The summed E-state index contributed by atoms with van der Waals surface area (Å²) < 4.78 is 11.1. The number of rotatable bonds is 8. The van der Waals surface area contributed by atoms with E-state index in [4.69, 9.17) is 21.1 Å². The molecule has 0 unspecified atom stereocenters. The highest BCUT2D eigenvalue weighted by Crippen LogP contribution is 2.36. The van der Waals surface area contributed by atoms with Gasteiger partial charge in [0.25, 0.3) is 5.91 Å². The Morgan fingerprint density at radius 3 is 2.75 bits per heavy atom. The molecular formula is C21H26Cl2N2O3. The van der Waals surface area contributed by atoms with Gasteiger partial charge in [-0.3, -0.25) is 4.79 Å². The van der Waals surface area contributed by atoms with Crippen molar-refractivity contribution in [2.45, 2.75) is 39.4 Å². The molecule has 0 bridgehead atoms. The van der Waals surface area contributed by atoms with Crippen molar-refractivity contribution in [2.75, 3.05) is 13.7 Å². The summed E-state index contributed by atoms with van der Waals surface area (Å²) in [6, 6.07) is 9.57. The second-order valence-corrected chi connectivity index (χ2v) is 6.99. The third kappa shape index (κ3) is 5.31. The Bertz CT molecular complexity index is 828. The van der Waals surface area contributed by atoms with Crippen molar-refractivity contribution in [1.29, 1.82) is 0 Å². The molecule has 0 fully saturated rings. The number of benzene rings is 2. The maximum atomic E-state index is 12.6. The zero-order chi connectivity index (χ0) is 19.2. The Labute approximate surface area is 177 Å². The number of hydrogen-bond acceptors (Lipinski definition) is 4. The van der Waals surface area contributed by atoms with E-state index in [0.29, 0.717) is 35.2 Å². The number of unbranched alkanes of at least 4 members (excludes halogenated alkanes) is 1. The molecule has 1 amide bonds. The first-order valence-electron chi connectivity index (χ1n) is 9.22. The minimum Gasteiger partial charge on any atom is -0.493 e. The van der Waals surface area contributed by atoms with Crippen LogP contribution in [0.4, 0.5) is 0 Å². The van der Waals surface area contributed by atoms with E-state index >= 15 is 0 Å². The second-order valence-electron chi connectivity index (χ2n) is 6.58. The molecule has 0 spiro atoms. The van der Waals surface area contributed by atoms with Gasteiger partial charge < -0.3 is 20.1 Å². The fourth-order valence-corrected chi connectivity index (χ4v) is 3.32. The van der Waals surface area contributed by atoms with Gasteiger partial charge in [0.15, 0.2) is 11.5 Å². The quantitative estimate of drug-likeness (QED) is 0.613. The van der Waals surface area contributed by atoms with E-state index in [9.17, 15) is 4.79 Å². The molecule has 28 heavy (non-hydrogen) atoms. The minimum absolute atomic E-state index is 0.